The summed E-state index contributed by atoms with van der Waals surface area (Å²) >= 11 is 0. The first-order valence-corrected chi connectivity index (χ1v) is 9.15. The quantitative estimate of drug-likeness (QED) is 0.761. The summed E-state index contributed by atoms with van der Waals surface area (Å²) in [7, 11) is 1.65. The number of hydrogen-bond donors (Lipinski definition) is 2. The fourth-order valence-electron chi connectivity index (χ4n) is 3.42. The van der Waals surface area contributed by atoms with E-state index in [1.165, 1.54) is 4.90 Å². The molecule has 1 atom stereocenters. The molecule has 26 heavy (non-hydrogen) atoms. The van der Waals surface area contributed by atoms with E-state index in [1.807, 2.05) is 49.5 Å². The van der Waals surface area contributed by atoms with Gasteiger partial charge >= 0.3 is 0 Å². The predicted octanol–water partition coefficient (Wildman–Crippen LogP) is -0.0809. The zero-order valence-electron chi connectivity index (χ0n) is 15.5. The van der Waals surface area contributed by atoms with E-state index in [9.17, 15) is 4.79 Å². The summed E-state index contributed by atoms with van der Waals surface area (Å²) in [4.78, 5) is 19.5. The summed E-state index contributed by atoms with van der Waals surface area (Å²) < 4.78 is 5.34. The molecule has 1 aromatic heterocycles. The van der Waals surface area contributed by atoms with Gasteiger partial charge in [0, 0.05) is 18.2 Å². The van der Waals surface area contributed by atoms with Crippen LogP contribution in [0.1, 0.15) is 12.5 Å². The summed E-state index contributed by atoms with van der Waals surface area (Å²) in [5.74, 6) is 2.03. The molecular formula is C20H28N4O2+2. The standard InChI is InChI=1S/C20H26N4O2/c1-16(20(25)22-15-17-7-3-4-8-18(17)26-2)23-11-13-24(14-12-23)19-9-5-6-10-21-19/h3-10,16H,11-15H2,1-2H3,(H,22,25)/p+2/t16-/m0/s1. The number of aromatic amines is 1. The molecule has 0 unspecified atom stereocenters. The Hall–Kier alpha value is -2.60. The summed E-state index contributed by atoms with van der Waals surface area (Å²) in [6.07, 6.45) is 1.95. The second-order valence-electron chi connectivity index (χ2n) is 6.64. The van der Waals surface area contributed by atoms with Crippen LogP contribution in [0, 0.1) is 0 Å². The number of aromatic nitrogens is 1. The number of carbonyl (C=O) groups excluding carboxylic acids is 1. The Morgan fingerprint density at radius 1 is 1.23 bits per heavy atom. The molecule has 0 radical (unpaired) electrons. The van der Waals surface area contributed by atoms with E-state index < -0.39 is 0 Å². The molecule has 6 heteroatoms. The van der Waals surface area contributed by atoms with Crippen molar-refractivity contribution < 1.29 is 19.4 Å². The third kappa shape index (κ3) is 4.32. The highest BCUT2D eigenvalue weighted by Crippen LogP contribution is 2.16. The molecule has 1 amide bonds. The maximum Gasteiger partial charge on any atom is 0.278 e. The summed E-state index contributed by atoms with van der Waals surface area (Å²) in [5.41, 5.74) is 0.995. The third-order valence-electron chi connectivity index (χ3n) is 5.09. The first-order chi connectivity index (χ1) is 12.7. The maximum atomic E-state index is 12.6. The van der Waals surface area contributed by atoms with Crippen molar-refractivity contribution in [1.29, 1.82) is 0 Å². The van der Waals surface area contributed by atoms with Crippen LogP contribution in [-0.4, -0.2) is 45.2 Å². The van der Waals surface area contributed by atoms with Crippen molar-refractivity contribution in [1.82, 2.24) is 5.32 Å². The van der Waals surface area contributed by atoms with Crippen molar-refractivity contribution in [2.45, 2.75) is 19.5 Å². The van der Waals surface area contributed by atoms with Gasteiger partial charge in [-0.05, 0) is 19.1 Å². The molecule has 1 aliphatic heterocycles. The molecule has 1 aromatic carbocycles. The van der Waals surface area contributed by atoms with Gasteiger partial charge in [-0.3, -0.25) is 9.69 Å². The fourth-order valence-corrected chi connectivity index (χ4v) is 3.42. The number of carbonyl (C=O) groups is 1. The van der Waals surface area contributed by atoms with Crippen LogP contribution in [0.2, 0.25) is 0 Å². The summed E-state index contributed by atoms with van der Waals surface area (Å²) in [6.45, 7) is 6.29. The first kappa shape index (κ1) is 18.2. The van der Waals surface area contributed by atoms with E-state index in [-0.39, 0.29) is 11.9 Å². The Bertz CT molecular complexity index is 715. The van der Waals surface area contributed by atoms with E-state index in [0.29, 0.717) is 6.54 Å². The fraction of sp³-hybridized carbons (Fsp3) is 0.400. The molecule has 3 rings (SSSR count). The minimum absolute atomic E-state index is 0.0633. The Labute approximate surface area is 154 Å². The number of nitrogens with one attached hydrogen (secondary N) is 3. The van der Waals surface area contributed by atoms with E-state index in [4.69, 9.17) is 4.74 Å². The average Bonchev–Trinajstić information content (AvgIpc) is 2.72. The Morgan fingerprint density at radius 2 is 1.96 bits per heavy atom. The molecule has 138 valence electrons. The van der Waals surface area contributed by atoms with Crippen molar-refractivity contribution >= 4 is 11.7 Å². The molecule has 6 nitrogen and oxygen atoms in total. The lowest BCUT2D eigenvalue weighted by molar-refractivity contribution is -0.914. The number of H-pyrrole nitrogens is 1. The zero-order chi connectivity index (χ0) is 18.4. The summed E-state index contributed by atoms with van der Waals surface area (Å²) in [5, 5.41) is 3.05. The van der Waals surface area contributed by atoms with Gasteiger partial charge < -0.3 is 15.0 Å². The monoisotopic (exact) mass is 356 g/mol. The lowest BCUT2D eigenvalue weighted by Gasteiger charge is -2.31. The van der Waals surface area contributed by atoms with Gasteiger partial charge in [-0.25, -0.2) is 4.98 Å². The molecular weight excluding hydrogens is 328 g/mol. The number of benzene rings is 1. The van der Waals surface area contributed by atoms with Gasteiger partial charge in [0.15, 0.2) is 6.04 Å². The van der Waals surface area contributed by atoms with E-state index in [2.05, 4.69) is 21.3 Å². The third-order valence-corrected chi connectivity index (χ3v) is 5.09. The Kier molecular flexibility index (Phi) is 6.07. The number of rotatable bonds is 6. The van der Waals surface area contributed by atoms with Gasteiger partial charge in [0.05, 0.1) is 13.3 Å². The van der Waals surface area contributed by atoms with Crippen molar-refractivity contribution in [2.75, 3.05) is 38.2 Å². The number of quaternary nitrogens is 1. The smallest absolute Gasteiger partial charge is 0.278 e. The van der Waals surface area contributed by atoms with Crippen molar-refractivity contribution in [3.8, 4) is 5.75 Å². The Balaban J connectivity index is 1.50. The van der Waals surface area contributed by atoms with E-state index >= 15 is 0 Å². The largest absolute Gasteiger partial charge is 0.496 e. The van der Waals surface area contributed by atoms with Gasteiger partial charge in [0.25, 0.3) is 11.7 Å². The minimum Gasteiger partial charge on any atom is -0.496 e. The van der Waals surface area contributed by atoms with Crippen LogP contribution in [0.15, 0.2) is 48.7 Å². The van der Waals surface area contributed by atoms with Crippen molar-refractivity contribution in [3.63, 3.8) is 0 Å². The SMILES string of the molecule is COc1ccccc1CNC(=O)[C@H](C)[NH+]1CCN(c2cccc[nH+]2)CC1. The van der Waals surface area contributed by atoms with E-state index in [1.54, 1.807) is 7.11 Å². The van der Waals surface area contributed by atoms with E-state index in [0.717, 1.165) is 43.3 Å². The van der Waals surface area contributed by atoms with Gasteiger partial charge in [-0.2, -0.15) is 0 Å². The van der Waals surface area contributed by atoms with Gasteiger partial charge in [0.1, 0.15) is 31.9 Å². The number of hydrogen-bond acceptors (Lipinski definition) is 3. The van der Waals surface area contributed by atoms with Crippen LogP contribution in [0.25, 0.3) is 0 Å². The second-order valence-corrected chi connectivity index (χ2v) is 6.64. The summed E-state index contributed by atoms with van der Waals surface area (Å²) in [6, 6.07) is 13.8. The molecule has 2 aromatic rings. The normalized spacial score (nSPS) is 16.2. The first-order valence-electron chi connectivity index (χ1n) is 9.15. The number of amides is 1. The number of para-hydroxylation sites is 1. The average molecular weight is 356 g/mol. The molecule has 0 bridgehead atoms. The highest BCUT2D eigenvalue weighted by Gasteiger charge is 2.32. The highest BCUT2D eigenvalue weighted by atomic mass is 16.5. The highest BCUT2D eigenvalue weighted by molar-refractivity contribution is 5.80. The molecule has 1 aliphatic rings. The number of pyridine rings is 1. The molecule has 0 saturated carbocycles. The zero-order valence-corrected chi connectivity index (χ0v) is 15.5. The second kappa shape index (κ2) is 8.67. The van der Waals surface area contributed by atoms with Gasteiger partial charge in [-0.15, -0.1) is 0 Å². The number of piperazine rings is 1. The molecule has 2 heterocycles. The van der Waals surface area contributed by atoms with Gasteiger partial charge in [0.2, 0.25) is 0 Å². The lowest BCUT2D eigenvalue weighted by Crippen LogP contribution is -3.19. The topological polar surface area (TPSA) is 60.1 Å². The molecule has 1 fully saturated rings. The van der Waals surface area contributed by atoms with Crippen LogP contribution in [0.4, 0.5) is 5.82 Å². The van der Waals surface area contributed by atoms with Crippen LogP contribution in [0.5, 0.6) is 5.75 Å². The molecule has 0 aliphatic carbocycles. The number of ether oxygens (including phenoxy) is 1. The van der Waals surface area contributed by atoms with Gasteiger partial charge in [-0.1, -0.05) is 24.3 Å². The van der Waals surface area contributed by atoms with Crippen LogP contribution < -0.4 is 24.8 Å². The number of anilines is 1. The number of methoxy groups -OCH3 is 1. The molecule has 0 spiro atoms. The number of nitrogens with zero attached hydrogens (tertiary/aromatic N) is 1. The molecule has 3 N–H and O–H groups in total. The van der Waals surface area contributed by atoms with Crippen molar-refractivity contribution in [2.24, 2.45) is 0 Å². The van der Waals surface area contributed by atoms with Crippen molar-refractivity contribution in [3.05, 3.63) is 54.2 Å². The van der Waals surface area contributed by atoms with Crippen LogP contribution in [0.3, 0.4) is 0 Å². The van der Waals surface area contributed by atoms with Crippen LogP contribution >= 0.6 is 0 Å². The predicted molar refractivity (Wildman–Crippen MR) is 100 cm³/mol. The minimum atomic E-state index is -0.0633. The van der Waals surface area contributed by atoms with Crippen LogP contribution in [-0.2, 0) is 11.3 Å². The Morgan fingerprint density at radius 3 is 2.65 bits per heavy atom. The molecule has 1 saturated heterocycles. The maximum absolute atomic E-state index is 12.6. The lowest BCUT2D eigenvalue weighted by atomic mass is 10.1.